The van der Waals surface area contributed by atoms with Gasteiger partial charge in [0.25, 0.3) is 11.8 Å². The van der Waals surface area contributed by atoms with Gasteiger partial charge in [0.1, 0.15) is 11.5 Å². The summed E-state index contributed by atoms with van der Waals surface area (Å²) in [5.74, 6) is -0.568. The number of nitrogens with zero attached hydrogens (tertiary/aromatic N) is 1. The summed E-state index contributed by atoms with van der Waals surface area (Å²) in [6.45, 7) is 1.93. The number of nitrogens with one attached hydrogen (secondary N) is 1. The zero-order valence-electron chi connectivity index (χ0n) is 15.8. The zero-order valence-corrected chi connectivity index (χ0v) is 18.8. The van der Waals surface area contributed by atoms with Crippen LogP contribution in [-0.4, -0.2) is 30.2 Å². The van der Waals surface area contributed by atoms with Gasteiger partial charge in [-0.15, -0.1) is 0 Å². The number of hydrogen-bond donors (Lipinski definition) is 2. The van der Waals surface area contributed by atoms with Gasteiger partial charge in [0.2, 0.25) is 0 Å². The van der Waals surface area contributed by atoms with E-state index in [2.05, 4.69) is 32.9 Å². The first-order chi connectivity index (χ1) is 14.4. The maximum absolute atomic E-state index is 13.8. The lowest BCUT2D eigenvalue weighted by Crippen LogP contribution is -2.20. The molecule has 3 rings (SSSR count). The van der Waals surface area contributed by atoms with Crippen molar-refractivity contribution < 1.29 is 23.5 Å². The Hall–Kier alpha value is -2.60. The molecule has 1 aliphatic rings. The van der Waals surface area contributed by atoms with Crippen LogP contribution in [0.3, 0.4) is 0 Å². The van der Waals surface area contributed by atoms with Crippen LogP contribution in [0.4, 0.5) is 10.1 Å². The van der Waals surface area contributed by atoms with Gasteiger partial charge in [-0.3, -0.25) is 9.59 Å². The van der Waals surface area contributed by atoms with Crippen molar-refractivity contribution in [3.05, 3.63) is 56.3 Å². The SMILES string of the molecule is CCOc1cc(/C=C2\SC(=Nc3ccccc3F)NC2=O)cc(I)c1OCC(N)=O. The molecule has 1 heterocycles. The summed E-state index contributed by atoms with van der Waals surface area (Å²) in [5, 5.41) is 2.92. The fourth-order valence-corrected chi connectivity index (χ4v) is 4.12. The van der Waals surface area contributed by atoms with Crippen LogP contribution in [0.15, 0.2) is 46.3 Å². The van der Waals surface area contributed by atoms with E-state index in [1.807, 2.05) is 6.92 Å². The van der Waals surface area contributed by atoms with Gasteiger partial charge in [-0.05, 0) is 77.2 Å². The fourth-order valence-electron chi connectivity index (χ4n) is 2.50. The van der Waals surface area contributed by atoms with Gasteiger partial charge in [0, 0.05) is 0 Å². The maximum atomic E-state index is 13.8. The molecule has 1 aliphatic heterocycles. The highest BCUT2D eigenvalue weighted by Crippen LogP contribution is 2.36. The molecule has 3 N–H and O–H groups in total. The molecule has 2 aromatic carbocycles. The number of carbonyl (C=O) groups is 2. The van der Waals surface area contributed by atoms with Gasteiger partial charge in [-0.1, -0.05) is 12.1 Å². The normalized spacial score (nSPS) is 16.0. The number of benzene rings is 2. The Morgan fingerprint density at radius 2 is 2.10 bits per heavy atom. The van der Waals surface area contributed by atoms with Crippen molar-refractivity contribution in [1.29, 1.82) is 0 Å². The van der Waals surface area contributed by atoms with Crippen LogP contribution < -0.4 is 20.5 Å². The van der Waals surface area contributed by atoms with Crippen LogP contribution in [0.25, 0.3) is 6.08 Å². The lowest BCUT2D eigenvalue weighted by molar-refractivity contribution is -0.120. The average molecular weight is 541 g/mol. The number of rotatable bonds is 7. The first kappa shape index (κ1) is 22.1. The van der Waals surface area contributed by atoms with E-state index in [-0.39, 0.29) is 23.4 Å². The standard InChI is InChI=1S/C20H17FIN3O4S/c1-2-28-15-8-11(7-13(22)18(15)29-10-17(23)26)9-16-19(27)25-20(30-16)24-14-6-4-3-5-12(14)21/h3-9H,2,10H2,1H3,(H2,23,26)(H,24,25,27)/b16-9-. The number of nitrogens with two attached hydrogens (primary N) is 1. The first-order valence-electron chi connectivity index (χ1n) is 8.79. The molecule has 2 amide bonds. The summed E-state index contributed by atoms with van der Waals surface area (Å²) in [6, 6.07) is 9.55. The minimum absolute atomic E-state index is 0.144. The Labute approximate surface area is 190 Å². The van der Waals surface area contributed by atoms with Crippen molar-refractivity contribution >= 4 is 63.1 Å². The summed E-state index contributed by atoms with van der Waals surface area (Å²) in [5.41, 5.74) is 5.99. The van der Waals surface area contributed by atoms with Crippen molar-refractivity contribution in [2.24, 2.45) is 10.7 Å². The van der Waals surface area contributed by atoms with E-state index in [0.717, 1.165) is 11.8 Å². The maximum Gasteiger partial charge on any atom is 0.264 e. The molecule has 1 saturated heterocycles. The fraction of sp³-hybridized carbons (Fsp3) is 0.150. The minimum Gasteiger partial charge on any atom is -0.490 e. The third-order valence-electron chi connectivity index (χ3n) is 3.71. The molecule has 0 unspecified atom stereocenters. The van der Waals surface area contributed by atoms with Gasteiger partial charge in [-0.25, -0.2) is 9.38 Å². The molecular formula is C20H17FIN3O4S. The van der Waals surface area contributed by atoms with E-state index < -0.39 is 11.7 Å². The number of carbonyl (C=O) groups excluding carboxylic acids is 2. The summed E-state index contributed by atoms with van der Waals surface area (Å²) in [7, 11) is 0. The molecule has 2 aromatic rings. The number of primary amides is 1. The van der Waals surface area contributed by atoms with Crippen LogP contribution in [0, 0.1) is 9.39 Å². The van der Waals surface area contributed by atoms with E-state index in [1.165, 1.54) is 12.1 Å². The number of thioether (sulfide) groups is 1. The predicted molar refractivity (Wildman–Crippen MR) is 122 cm³/mol. The van der Waals surface area contributed by atoms with Crippen LogP contribution in [-0.2, 0) is 9.59 Å². The van der Waals surface area contributed by atoms with Crippen molar-refractivity contribution in [3.63, 3.8) is 0 Å². The molecule has 156 valence electrons. The number of aliphatic imine (C=N–C) groups is 1. The predicted octanol–water partition coefficient (Wildman–Crippen LogP) is 3.58. The van der Waals surface area contributed by atoms with Crippen molar-refractivity contribution in [1.82, 2.24) is 5.32 Å². The lowest BCUT2D eigenvalue weighted by atomic mass is 10.2. The second-order valence-electron chi connectivity index (χ2n) is 5.95. The van der Waals surface area contributed by atoms with Gasteiger partial charge in [0.05, 0.1) is 15.1 Å². The molecule has 0 aliphatic carbocycles. The molecule has 0 spiro atoms. The highest BCUT2D eigenvalue weighted by atomic mass is 127. The Bertz CT molecular complexity index is 1060. The second-order valence-corrected chi connectivity index (χ2v) is 8.14. The Balaban J connectivity index is 1.88. The molecule has 0 aromatic heterocycles. The van der Waals surface area contributed by atoms with Crippen molar-refractivity contribution in [2.45, 2.75) is 6.92 Å². The number of ether oxygens (including phenoxy) is 2. The third kappa shape index (κ3) is 5.51. The molecule has 1 fully saturated rings. The van der Waals surface area contributed by atoms with E-state index in [9.17, 15) is 14.0 Å². The molecule has 0 radical (unpaired) electrons. The van der Waals surface area contributed by atoms with E-state index in [1.54, 1.807) is 30.3 Å². The molecule has 10 heteroatoms. The Kier molecular flexibility index (Phi) is 7.32. The topological polar surface area (TPSA) is 103 Å². The molecular weight excluding hydrogens is 524 g/mol. The van der Waals surface area contributed by atoms with Gasteiger partial charge in [-0.2, -0.15) is 0 Å². The van der Waals surface area contributed by atoms with E-state index >= 15 is 0 Å². The van der Waals surface area contributed by atoms with E-state index in [0.29, 0.717) is 32.1 Å². The summed E-state index contributed by atoms with van der Waals surface area (Å²) >= 11 is 3.16. The van der Waals surface area contributed by atoms with Crippen molar-refractivity contribution in [2.75, 3.05) is 13.2 Å². The number of halogens is 2. The molecule has 0 saturated carbocycles. The summed E-state index contributed by atoms with van der Waals surface area (Å²) < 4.78 is 25.6. The highest BCUT2D eigenvalue weighted by Gasteiger charge is 2.24. The minimum atomic E-state index is -0.597. The zero-order chi connectivity index (χ0) is 21.7. The molecule has 7 nitrogen and oxygen atoms in total. The van der Waals surface area contributed by atoms with Gasteiger partial charge >= 0.3 is 0 Å². The smallest absolute Gasteiger partial charge is 0.264 e. The number of para-hydroxylation sites is 1. The average Bonchev–Trinajstić information content (AvgIpc) is 3.02. The number of amidine groups is 1. The van der Waals surface area contributed by atoms with Gasteiger partial charge in [0.15, 0.2) is 23.3 Å². The monoisotopic (exact) mass is 541 g/mol. The summed E-state index contributed by atoms with van der Waals surface area (Å²) in [6.07, 6.45) is 1.67. The number of hydrogen-bond acceptors (Lipinski definition) is 6. The molecule has 0 atom stereocenters. The highest BCUT2D eigenvalue weighted by molar-refractivity contribution is 14.1. The molecule has 30 heavy (non-hydrogen) atoms. The first-order valence-corrected chi connectivity index (χ1v) is 10.7. The van der Waals surface area contributed by atoms with Crippen LogP contribution in [0.5, 0.6) is 11.5 Å². The Morgan fingerprint density at radius 3 is 2.80 bits per heavy atom. The summed E-state index contributed by atoms with van der Waals surface area (Å²) in [4.78, 5) is 27.9. The van der Waals surface area contributed by atoms with Crippen LogP contribution in [0.2, 0.25) is 0 Å². The van der Waals surface area contributed by atoms with Crippen LogP contribution >= 0.6 is 34.4 Å². The quantitative estimate of drug-likeness (QED) is 0.412. The number of amides is 2. The largest absolute Gasteiger partial charge is 0.490 e. The third-order valence-corrected chi connectivity index (χ3v) is 5.42. The Morgan fingerprint density at radius 1 is 1.33 bits per heavy atom. The van der Waals surface area contributed by atoms with E-state index in [4.69, 9.17) is 15.2 Å². The molecule has 0 bridgehead atoms. The van der Waals surface area contributed by atoms with Crippen molar-refractivity contribution in [3.8, 4) is 11.5 Å². The lowest BCUT2D eigenvalue weighted by Gasteiger charge is -2.14. The van der Waals surface area contributed by atoms with Crippen LogP contribution in [0.1, 0.15) is 12.5 Å². The second kappa shape index (κ2) is 9.94. The van der Waals surface area contributed by atoms with Gasteiger partial charge < -0.3 is 20.5 Å².